The van der Waals surface area contributed by atoms with Crippen molar-refractivity contribution < 1.29 is 0 Å². The van der Waals surface area contributed by atoms with Gasteiger partial charge in [0.1, 0.15) is 0 Å². The maximum absolute atomic E-state index is 2.28. The molecule has 0 N–H and O–H groups in total. The first-order chi connectivity index (χ1) is 11.6. The molecule has 1 nitrogen and oxygen atoms in total. The molecular weight excluding hydrogens is 290 g/mol. The van der Waals surface area contributed by atoms with E-state index in [0.29, 0.717) is 0 Å². The van der Waals surface area contributed by atoms with Gasteiger partial charge in [-0.05, 0) is 62.7 Å². The molecule has 0 atom stereocenters. The quantitative estimate of drug-likeness (QED) is 0.507. The number of anilines is 3. The summed E-state index contributed by atoms with van der Waals surface area (Å²) in [6.45, 7) is 6.36. The monoisotopic (exact) mass is 313 g/mol. The average molecular weight is 313 g/mol. The number of nitrogens with zero attached hydrogens (tertiary/aromatic N) is 1. The highest BCUT2D eigenvalue weighted by Gasteiger charge is 2.11. The summed E-state index contributed by atoms with van der Waals surface area (Å²) in [5, 5.41) is 0. The summed E-state index contributed by atoms with van der Waals surface area (Å²) in [5.74, 6) is 0. The highest BCUT2D eigenvalue weighted by atomic mass is 15.1. The highest BCUT2D eigenvalue weighted by Crippen LogP contribution is 2.34. The third kappa shape index (κ3) is 3.75. The number of para-hydroxylation sites is 1. The van der Waals surface area contributed by atoms with E-state index in [0.717, 1.165) is 11.4 Å². The van der Waals surface area contributed by atoms with Crippen molar-refractivity contribution in [2.75, 3.05) is 4.90 Å². The van der Waals surface area contributed by atoms with Crippen molar-refractivity contribution in [2.24, 2.45) is 0 Å². The molecule has 0 unspecified atom stereocenters. The Morgan fingerprint density at radius 2 is 1.17 bits per heavy atom. The van der Waals surface area contributed by atoms with Crippen molar-refractivity contribution in [3.8, 4) is 0 Å². The van der Waals surface area contributed by atoms with Crippen LogP contribution in [0, 0.1) is 6.92 Å². The molecule has 3 aromatic rings. The molecule has 0 aromatic heterocycles. The minimum Gasteiger partial charge on any atom is -0.311 e. The van der Waals surface area contributed by atoms with E-state index in [2.05, 4.69) is 111 Å². The van der Waals surface area contributed by atoms with Gasteiger partial charge in [-0.15, -0.1) is 0 Å². The van der Waals surface area contributed by atoms with Crippen LogP contribution in [-0.4, -0.2) is 0 Å². The zero-order valence-corrected chi connectivity index (χ0v) is 14.5. The van der Waals surface area contributed by atoms with Crippen LogP contribution >= 0.6 is 0 Å². The summed E-state index contributed by atoms with van der Waals surface area (Å²) >= 11 is 0. The molecule has 0 aliphatic rings. The molecule has 120 valence electrons. The Kier molecular flexibility index (Phi) is 4.81. The molecule has 0 spiro atoms. The van der Waals surface area contributed by atoms with Crippen molar-refractivity contribution in [1.29, 1.82) is 0 Å². The third-order valence-electron chi connectivity index (χ3n) is 3.91. The van der Waals surface area contributed by atoms with Gasteiger partial charge in [0.25, 0.3) is 0 Å². The maximum Gasteiger partial charge on any atom is 0.0462 e. The van der Waals surface area contributed by atoms with E-state index in [1.165, 1.54) is 22.4 Å². The van der Waals surface area contributed by atoms with Gasteiger partial charge in [0, 0.05) is 17.1 Å². The number of allylic oxidation sites excluding steroid dienone is 1. The fourth-order valence-corrected chi connectivity index (χ4v) is 2.77. The molecule has 0 heterocycles. The molecule has 3 rings (SSSR count). The van der Waals surface area contributed by atoms with E-state index >= 15 is 0 Å². The predicted molar refractivity (Wildman–Crippen MR) is 105 cm³/mol. The van der Waals surface area contributed by atoms with Crippen LogP contribution in [0.3, 0.4) is 0 Å². The molecule has 0 amide bonds. The van der Waals surface area contributed by atoms with Crippen LogP contribution < -0.4 is 4.90 Å². The van der Waals surface area contributed by atoms with E-state index in [9.17, 15) is 0 Å². The zero-order valence-electron chi connectivity index (χ0n) is 14.5. The van der Waals surface area contributed by atoms with Crippen LogP contribution in [0.15, 0.2) is 84.4 Å². The largest absolute Gasteiger partial charge is 0.311 e. The standard InChI is InChI=1S/C23H23N/c1-18(2)17-20-11-15-23(16-12-20)24(21-7-5-4-6-8-21)22-13-9-19(3)10-14-22/h4-17H,1-3H3. The van der Waals surface area contributed by atoms with Crippen LogP contribution in [0.2, 0.25) is 0 Å². The second-order valence-corrected chi connectivity index (χ2v) is 6.32. The Labute approximate surface area is 144 Å². The number of benzene rings is 3. The Morgan fingerprint density at radius 1 is 0.667 bits per heavy atom. The highest BCUT2D eigenvalue weighted by molar-refractivity contribution is 5.77. The van der Waals surface area contributed by atoms with E-state index in [-0.39, 0.29) is 0 Å². The molecule has 24 heavy (non-hydrogen) atoms. The lowest BCUT2D eigenvalue weighted by molar-refractivity contribution is 1.27. The van der Waals surface area contributed by atoms with Crippen LogP contribution in [0.1, 0.15) is 25.0 Å². The molecule has 1 heteroatoms. The lowest BCUT2D eigenvalue weighted by Gasteiger charge is -2.25. The van der Waals surface area contributed by atoms with Gasteiger partial charge >= 0.3 is 0 Å². The average Bonchev–Trinajstić information content (AvgIpc) is 2.59. The van der Waals surface area contributed by atoms with Crippen molar-refractivity contribution in [3.63, 3.8) is 0 Å². The lowest BCUT2D eigenvalue weighted by atomic mass is 10.1. The normalized spacial score (nSPS) is 10.3. The van der Waals surface area contributed by atoms with E-state index in [1.54, 1.807) is 0 Å². The molecule has 0 fully saturated rings. The molecule has 0 radical (unpaired) electrons. The van der Waals surface area contributed by atoms with Gasteiger partial charge in [0.05, 0.1) is 0 Å². The smallest absolute Gasteiger partial charge is 0.0462 e. The Morgan fingerprint density at radius 3 is 1.71 bits per heavy atom. The number of hydrogen-bond acceptors (Lipinski definition) is 1. The third-order valence-corrected chi connectivity index (χ3v) is 3.91. The van der Waals surface area contributed by atoms with Crippen LogP contribution in [-0.2, 0) is 0 Å². The summed E-state index contributed by atoms with van der Waals surface area (Å²) in [5.41, 5.74) is 7.30. The summed E-state index contributed by atoms with van der Waals surface area (Å²) in [4.78, 5) is 2.28. The minimum absolute atomic E-state index is 1.16. The van der Waals surface area contributed by atoms with Gasteiger partial charge in [-0.25, -0.2) is 0 Å². The fraction of sp³-hybridized carbons (Fsp3) is 0.130. The Balaban J connectivity index is 2.05. The SMILES string of the molecule is CC(C)=Cc1ccc(N(c2ccccc2)c2ccc(C)cc2)cc1. The minimum atomic E-state index is 1.16. The predicted octanol–water partition coefficient (Wildman–Crippen LogP) is 6.89. The maximum atomic E-state index is 2.28. The summed E-state index contributed by atoms with van der Waals surface area (Å²) in [7, 11) is 0. The summed E-state index contributed by atoms with van der Waals surface area (Å²) in [6, 6.07) is 27.9. The van der Waals surface area contributed by atoms with Gasteiger partial charge in [-0.2, -0.15) is 0 Å². The topological polar surface area (TPSA) is 3.24 Å². The molecule has 0 aliphatic carbocycles. The number of hydrogen-bond donors (Lipinski definition) is 0. The summed E-state index contributed by atoms with van der Waals surface area (Å²) in [6.07, 6.45) is 2.20. The molecule has 0 aliphatic heterocycles. The first kappa shape index (κ1) is 16.1. The van der Waals surface area contributed by atoms with Gasteiger partial charge in [-0.3, -0.25) is 0 Å². The molecular formula is C23H23N. The first-order valence-electron chi connectivity index (χ1n) is 8.30. The first-order valence-corrected chi connectivity index (χ1v) is 8.30. The van der Waals surface area contributed by atoms with Gasteiger partial charge < -0.3 is 4.90 Å². The van der Waals surface area contributed by atoms with Crippen molar-refractivity contribution in [2.45, 2.75) is 20.8 Å². The second kappa shape index (κ2) is 7.18. The number of aryl methyl sites for hydroxylation is 1. The molecule has 0 saturated heterocycles. The van der Waals surface area contributed by atoms with E-state index in [1.807, 2.05) is 0 Å². The molecule has 3 aromatic carbocycles. The van der Waals surface area contributed by atoms with Crippen LogP contribution in [0.5, 0.6) is 0 Å². The van der Waals surface area contributed by atoms with Crippen LogP contribution in [0.4, 0.5) is 17.1 Å². The number of rotatable bonds is 4. The Hall–Kier alpha value is -2.80. The van der Waals surface area contributed by atoms with Crippen LogP contribution in [0.25, 0.3) is 6.08 Å². The zero-order chi connectivity index (χ0) is 16.9. The van der Waals surface area contributed by atoms with Crippen molar-refractivity contribution >= 4 is 23.1 Å². The fourth-order valence-electron chi connectivity index (χ4n) is 2.77. The summed E-state index contributed by atoms with van der Waals surface area (Å²) < 4.78 is 0. The van der Waals surface area contributed by atoms with Gasteiger partial charge in [0.2, 0.25) is 0 Å². The second-order valence-electron chi connectivity index (χ2n) is 6.32. The van der Waals surface area contributed by atoms with Crippen molar-refractivity contribution in [3.05, 3.63) is 95.6 Å². The lowest BCUT2D eigenvalue weighted by Crippen LogP contribution is -2.09. The molecule has 0 bridgehead atoms. The van der Waals surface area contributed by atoms with E-state index in [4.69, 9.17) is 0 Å². The Bertz CT molecular complexity index is 808. The van der Waals surface area contributed by atoms with Gasteiger partial charge in [0.15, 0.2) is 0 Å². The van der Waals surface area contributed by atoms with E-state index < -0.39 is 0 Å². The molecule has 0 saturated carbocycles. The van der Waals surface area contributed by atoms with Gasteiger partial charge in [-0.1, -0.05) is 59.7 Å². The van der Waals surface area contributed by atoms with Crippen molar-refractivity contribution in [1.82, 2.24) is 0 Å².